The maximum atomic E-state index is 9.63. The zero-order chi connectivity index (χ0) is 17.3. The molecule has 1 atom stereocenters. The van der Waals surface area contributed by atoms with Gasteiger partial charge in [0.15, 0.2) is 0 Å². The Kier molecular flexibility index (Phi) is 5.98. The summed E-state index contributed by atoms with van der Waals surface area (Å²) in [6.07, 6.45) is 1.68. The second-order valence-corrected chi connectivity index (χ2v) is 6.13. The Morgan fingerprint density at radius 1 is 0.720 bits per heavy atom. The molecule has 0 aliphatic heterocycles. The van der Waals surface area contributed by atoms with Gasteiger partial charge in [-0.3, -0.25) is 5.32 Å². The molecule has 3 rings (SSSR count). The lowest BCUT2D eigenvalue weighted by Gasteiger charge is -2.23. The molecule has 0 aromatic heterocycles. The van der Waals surface area contributed by atoms with Crippen molar-refractivity contribution in [2.24, 2.45) is 0 Å². The van der Waals surface area contributed by atoms with Crippen molar-refractivity contribution >= 4 is 0 Å². The van der Waals surface area contributed by atoms with Crippen molar-refractivity contribution in [3.63, 3.8) is 0 Å². The molecule has 3 aromatic carbocycles. The van der Waals surface area contributed by atoms with Crippen LogP contribution in [0.25, 0.3) is 0 Å². The van der Waals surface area contributed by atoms with Crippen LogP contribution in [0.4, 0.5) is 0 Å². The highest BCUT2D eigenvalue weighted by molar-refractivity contribution is 5.32. The molecule has 0 bridgehead atoms. The van der Waals surface area contributed by atoms with E-state index in [9.17, 15) is 5.26 Å². The van der Waals surface area contributed by atoms with E-state index in [0.717, 1.165) is 12.8 Å². The second kappa shape index (κ2) is 8.82. The van der Waals surface area contributed by atoms with Crippen molar-refractivity contribution in [1.82, 2.24) is 5.32 Å². The number of hydrogen-bond acceptors (Lipinski definition) is 2. The van der Waals surface area contributed by atoms with Crippen LogP contribution in [0, 0.1) is 11.3 Å². The highest BCUT2D eigenvalue weighted by Crippen LogP contribution is 2.23. The van der Waals surface area contributed by atoms with E-state index >= 15 is 0 Å². The Balaban J connectivity index is 1.75. The Bertz CT molecular complexity index is 752. The molecule has 0 spiro atoms. The van der Waals surface area contributed by atoms with Crippen molar-refractivity contribution in [3.05, 3.63) is 108 Å². The molecule has 1 N–H and O–H groups in total. The molecule has 0 aliphatic carbocycles. The van der Waals surface area contributed by atoms with E-state index in [1.54, 1.807) is 0 Å². The molecule has 0 heterocycles. The Hall–Kier alpha value is -2.89. The first-order chi connectivity index (χ1) is 12.4. The predicted molar refractivity (Wildman–Crippen MR) is 102 cm³/mol. The summed E-state index contributed by atoms with van der Waals surface area (Å²) in [6.45, 7) is 0. The third-order valence-corrected chi connectivity index (χ3v) is 4.35. The minimum absolute atomic E-state index is 0.0165. The van der Waals surface area contributed by atoms with E-state index in [1.807, 2.05) is 54.6 Å². The van der Waals surface area contributed by atoms with Crippen molar-refractivity contribution in [2.75, 3.05) is 0 Å². The quantitative estimate of drug-likeness (QED) is 0.671. The number of nitriles is 1. The first-order valence-electron chi connectivity index (χ1n) is 8.66. The Morgan fingerprint density at radius 2 is 1.20 bits per heavy atom. The summed E-state index contributed by atoms with van der Waals surface area (Å²) < 4.78 is 0. The number of nitrogens with zero attached hydrogens (tertiary/aromatic N) is 1. The molecule has 124 valence electrons. The van der Waals surface area contributed by atoms with Gasteiger partial charge in [-0.2, -0.15) is 5.26 Å². The zero-order valence-corrected chi connectivity index (χ0v) is 14.2. The highest BCUT2D eigenvalue weighted by atomic mass is 14.9. The fourth-order valence-corrected chi connectivity index (χ4v) is 3.02. The molecule has 25 heavy (non-hydrogen) atoms. The summed E-state index contributed by atoms with van der Waals surface area (Å²) in [5.74, 6) is 0. The number of benzene rings is 3. The predicted octanol–water partition coefficient (Wildman–Crippen LogP) is 4.89. The van der Waals surface area contributed by atoms with Gasteiger partial charge in [0.25, 0.3) is 0 Å². The number of aryl methyl sites for hydroxylation is 1. The van der Waals surface area contributed by atoms with E-state index in [1.165, 1.54) is 16.7 Å². The van der Waals surface area contributed by atoms with Crippen molar-refractivity contribution in [2.45, 2.75) is 24.9 Å². The molecular formula is C23H22N2. The van der Waals surface area contributed by atoms with Crippen LogP contribution in [0.15, 0.2) is 91.0 Å². The Morgan fingerprint density at radius 3 is 1.68 bits per heavy atom. The maximum absolute atomic E-state index is 9.63. The van der Waals surface area contributed by atoms with Crippen LogP contribution in [0.1, 0.15) is 29.2 Å². The van der Waals surface area contributed by atoms with Gasteiger partial charge in [0.1, 0.15) is 0 Å². The average Bonchev–Trinajstić information content (AvgIpc) is 2.70. The summed E-state index contributed by atoms with van der Waals surface area (Å²) in [6, 6.07) is 33.2. The standard InChI is InChI=1S/C23H22N2/c24-18-22(17-16-19-10-4-1-5-11-19)25-23(20-12-6-2-7-13-20)21-14-8-3-9-15-21/h1-15,22-23,25H,16-17H2. The van der Waals surface area contributed by atoms with Crippen LogP contribution in [-0.2, 0) is 6.42 Å². The fraction of sp³-hybridized carbons (Fsp3) is 0.174. The maximum Gasteiger partial charge on any atom is 0.0963 e. The summed E-state index contributed by atoms with van der Waals surface area (Å²) in [4.78, 5) is 0. The second-order valence-electron chi connectivity index (χ2n) is 6.13. The van der Waals surface area contributed by atoms with Gasteiger partial charge in [-0.1, -0.05) is 91.0 Å². The third kappa shape index (κ3) is 4.79. The number of hydrogen-bond donors (Lipinski definition) is 1. The van der Waals surface area contributed by atoms with Crippen molar-refractivity contribution in [3.8, 4) is 6.07 Å². The summed E-state index contributed by atoms with van der Waals surface area (Å²) in [5, 5.41) is 13.2. The summed E-state index contributed by atoms with van der Waals surface area (Å²) in [7, 11) is 0. The Labute approximate surface area is 149 Å². The molecule has 1 unspecified atom stereocenters. The largest absolute Gasteiger partial charge is 0.291 e. The molecule has 0 fully saturated rings. The minimum Gasteiger partial charge on any atom is -0.291 e. The van der Waals surface area contributed by atoms with Gasteiger partial charge in [-0.15, -0.1) is 0 Å². The lowest BCUT2D eigenvalue weighted by molar-refractivity contribution is 0.515. The first-order valence-corrected chi connectivity index (χ1v) is 8.66. The number of nitrogens with one attached hydrogen (secondary N) is 1. The highest BCUT2D eigenvalue weighted by Gasteiger charge is 2.18. The lowest BCUT2D eigenvalue weighted by Crippen LogP contribution is -2.33. The van der Waals surface area contributed by atoms with Crippen LogP contribution in [0.3, 0.4) is 0 Å². The molecule has 0 aliphatic rings. The molecule has 0 radical (unpaired) electrons. The summed E-state index contributed by atoms with van der Waals surface area (Å²) >= 11 is 0. The smallest absolute Gasteiger partial charge is 0.0963 e. The van der Waals surface area contributed by atoms with Crippen LogP contribution >= 0.6 is 0 Å². The van der Waals surface area contributed by atoms with E-state index in [0.29, 0.717) is 0 Å². The molecular weight excluding hydrogens is 304 g/mol. The SMILES string of the molecule is N#CC(CCc1ccccc1)NC(c1ccccc1)c1ccccc1. The number of rotatable bonds is 7. The van der Waals surface area contributed by atoms with Gasteiger partial charge in [-0.25, -0.2) is 0 Å². The van der Waals surface area contributed by atoms with Crippen LogP contribution in [0.2, 0.25) is 0 Å². The average molecular weight is 326 g/mol. The normalized spacial score (nSPS) is 11.8. The molecule has 3 aromatic rings. The molecule has 2 nitrogen and oxygen atoms in total. The molecule has 0 saturated carbocycles. The first kappa shape index (κ1) is 17.0. The van der Waals surface area contributed by atoms with Gasteiger partial charge in [0.2, 0.25) is 0 Å². The summed E-state index contributed by atoms with van der Waals surface area (Å²) in [5.41, 5.74) is 3.61. The topological polar surface area (TPSA) is 35.8 Å². The van der Waals surface area contributed by atoms with Gasteiger partial charge in [-0.05, 0) is 29.5 Å². The van der Waals surface area contributed by atoms with Gasteiger partial charge >= 0.3 is 0 Å². The van der Waals surface area contributed by atoms with Gasteiger partial charge in [0.05, 0.1) is 18.2 Å². The van der Waals surface area contributed by atoms with Crippen LogP contribution in [0.5, 0.6) is 0 Å². The monoisotopic (exact) mass is 326 g/mol. The van der Waals surface area contributed by atoms with Crippen LogP contribution in [-0.4, -0.2) is 6.04 Å². The van der Waals surface area contributed by atoms with E-state index in [4.69, 9.17) is 0 Å². The van der Waals surface area contributed by atoms with Crippen LogP contribution < -0.4 is 5.32 Å². The van der Waals surface area contributed by atoms with Crippen molar-refractivity contribution < 1.29 is 0 Å². The van der Waals surface area contributed by atoms with E-state index in [-0.39, 0.29) is 12.1 Å². The molecule has 0 amide bonds. The van der Waals surface area contributed by atoms with Crippen molar-refractivity contribution in [1.29, 1.82) is 5.26 Å². The molecule has 0 saturated heterocycles. The lowest BCUT2D eigenvalue weighted by atomic mass is 9.97. The zero-order valence-electron chi connectivity index (χ0n) is 14.2. The van der Waals surface area contributed by atoms with E-state index in [2.05, 4.69) is 47.8 Å². The molecule has 2 heteroatoms. The minimum atomic E-state index is -0.203. The van der Waals surface area contributed by atoms with Gasteiger partial charge in [0, 0.05) is 0 Å². The fourth-order valence-electron chi connectivity index (χ4n) is 3.02. The van der Waals surface area contributed by atoms with Gasteiger partial charge < -0.3 is 0 Å². The third-order valence-electron chi connectivity index (χ3n) is 4.35. The van der Waals surface area contributed by atoms with E-state index < -0.39 is 0 Å².